The summed E-state index contributed by atoms with van der Waals surface area (Å²) in [5.74, 6) is 0.456. The number of anilines is 1. The van der Waals surface area contributed by atoms with Gasteiger partial charge in [-0.25, -0.2) is 4.98 Å². The van der Waals surface area contributed by atoms with Crippen molar-refractivity contribution in [2.75, 3.05) is 5.32 Å². The second-order valence-electron chi connectivity index (χ2n) is 6.68. The number of ether oxygens (including phenoxy) is 1. The van der Waals surface area contributed by atoms with Crippen LogP contribution < -0.4 is 10.1 Å². The first-order valence-electron chi connectivity index (χ1n) is 8.55. The number of rotatable bonds is 6. The first kappa shape index (κ1) is 23.5. The number of hydrogen-bond acceptors (Lipinski definition) is 6. The van der Waals surface area contributed by atoms with Crippen molar-refractivity contribution in [1.29, 1.82) is 0 Å². The van der Waals surface area contributed by atoms with Gasteiger partial charge in [-0.3, -0.25) is 4.68 Å². The zero-order valence-corrected chi connectivity index (χ0v) is 17.1. The summed E-state index contributed by atoms with van der Waals surface area (Å²) < 4.78 is 32.3. The molecule has 2 aromatic heterocycles. The number of alkyl halides is 2. The van der Waals surface area contributed by atoms with Gasteiger partial charge in [-0.1, -0.05) is 18.5 Å². The summed E-state index contributed by atoms with van der Waals surface area (Å²) in [4.78, 5) is 20.6. The van der Waals surface area contributed by atoms with Crippen LogP contribution in [0.1, 0.15) is 40.3 Å². The van der Waals surface area contributed by atoms with Gasteiger partial charge in [-0.2, -0.15) is 23.5 Å². The van der Waals surface area contributed by atoms with Gasteiger partial charge in [0.25, 0.3) is 0 Å². The van der Waals surface area contributed by atoms with Crippen molar-refractivity contribution in [3.63, 3.8) is 0 Å². The lowest BCUT2D eigenvalue weighted by atomic mass is 10.1. The Labute approximate surface area is 167 Å². The predicted octanol–water partition coefficient (Wildman–Crippen LogP) is 4.41. The van der Waals surface area contributed by atoms with Crippen LogP contribution in [0.4, 0.5) is 14.6 Å². The summed E-state index contributed by atoms with van der Waals surface area (Å²) >= 11 is 6.43. The molecule has 2 rings (SSSR count). The molecule has 1 N–H and O–H groups in total. The fourth-order valence-electron chi connectivity index (χ4n) is 2.46. The highest BCUT2D eigenvalue weighted by Crippen LogP contribution is 2.38. The van der Waals surface area contributed by atoms with E-state index in [1.165, 1.54) is 12.3 Å². The van der Waals surface area contributed by atoms with Crippen LogP contribution in [-0.4, -0.2) is 33.1 Å². The number of aryl methyl sites for hydroxylation is 2. The Morgan fingerprint density at radius 3 is 2.39 bits per heavy atom. The van der Waals surface area contributed by atoms with Crippen molar-refractivity contribution in [3.8, 4) is 17.0 Å². The lowest BCUT2D eigenvalue weighted by Gasteiger charge is -2.22. The van der Waals surface area contributed by atoms with E-state index in [9.17, 15) is 8.78 Å². The molecule has 0 fully saturated rings. The molecule has 0 radical (unpaired) electrons. The van der Waals surface area contributed by atoms with E-state index in [1.807, 2.05) is 34.6 Å². The van der Waals surface area contributed by atoms with E-state index in [0.29, 0.717) is 40.8 Å². The largest absolute Gasteiger partial charge is 0.434 e. The van der Waals surface area contributed by atoms with Gasteiger partial charge in [0.05, 0.1) is 22.0 Å². The average molecular weight is 417 g/mol. The molecule has 0 amide bonds. The number of nitrogens with one attached hydrogen (secondary N) is 1. The third-order valence-corrected chi connectivity index (χ3v) is 3.83. The highest BCUT2D eigenvalue weighted by Gasteiger charge is 2.22. The minimum atomic E-state index is -2.95. The van der Waals surface area contributed by atoms with Gasteiger partial charge in [-0.15, -0.1) is 0 Å². The van der Waals surface area contributed by atoms with Gasteiger partial charge in [0.2, 0.25) is 0 Å². The Morgan fingerprint density at radius 1 is 1.32 bits per heavy atom. The smallest absolute Gasteiger partial charge is 0.387 e. The highest BCUT2D eigenvalue weighted by atomic mass is 35.5. The maximum absolute atomic E-state index is 12.9. The van der Waals surface area contributed by atoms with Crippen LogP contribution in [-0.2, 0) is 22.6 Å². The molecule has 2 heterocycles. The Bertz CT molecular complexity index is 829. The lowest BCUT2D eigenvalue weighted by Crippen LogP contribution is -2.26. The number of halogens is 3. The molecular weight excluding hydrogens is 394 g/mol. The van der Waals surface area contributed by atoms with Crippen molar-refractivity contribution in [2.45, 2.75) is 59.7 Å². The van der Waals surface area contributed by atoms with E-state index in [-0.39, 0.29) is 17.4 Å². The quantitative estimate of drug-likeness (QED) is 0.750. The van der Waals surface area contributed by atoms with Crippen LogP contribution in [0.2, 0.25) is 5.02 Å². The lowest BCUT2D eigenvalue weighted by molar-refractivity contribution is -0.191. The van der Waals surface area contributed by atoms with Crippen LogP contribution >= 0.6 is 11.6 Å². The first-order valence-corrected chi connectivity index (χ1v) is 8.93. The molecule has 10 heteroatoms. The van der Waals surface area contributed by atoms with E-state index in [1.54, 1.807) is 4.68 Å². The van der Waals surface area contributed by atoms with E-state index >= 15 is 0 Å². The average Bonchev–Trinajstić information content (AvgIpc) is 2.90. The van der Waals surface area contributed by atoms with Crippen LogP contribution in [0.5, 0.6) is 5.75 Å². The Balaban J connectivity index is 0.00000122. The Hall–Kier alpha value is -2.51. The minimum Gasteiger partial charge on any atom is -0.434 e. The molecule has 0 aromatic carbocycles. The summed E-state index contributed by atoms with van der Waals surface area (Å²) in [6, 6.07) is 1.46. The van der Waals surface area contributed by atoms with Crippen LogP contribution in [0.15, 0.2) is 12.3 Å². The molecule has 0 spiro atoms. The SMILES string of the molecule is CCc1nn(CC)c(-c2cnc(NC(C)(C)C)cc2OC(F)F)c1Cl.O=C=O. The molecule has 2 aromatic rings. The summed E-state index contributed by atoms with van der Waals surface area (Å²) in [5.41, 5.74) is 1.36. The second kappa shape index (κ2) is 10.1. The van der Waals surface area contributed by atoms with Gasteiger partial charge in [-0.05, 0) is 34.1 Å². The fraction of sp³-hybridized carbons (Fsp3) is 0.500. The number of hydrogen-bond donors (Lipinski definition) is 1. The third kappa shape index (κ3) is 6.28. The van der Waals surface area contributed by atoms with Crippen molar-refractivity contribution >= 4 is 23.6 Å². The molecule has 0 bridgehead atoms. The maximum atomic E-state index is 12.9. The Kier molecular flexibility index (Phi) is 8.53. The zero-order valence-electron chi connectivity index (χ0n) is 16.3. The summed E-state index contributed by atoms with van der Waals surface area (Å²) in [6.07, 6.45) is 2.38. The summed E-state index contributed by atoms with van der Waals surface area (Å²) in [7, 11) is 0. The second-order valence-corrected chi connectivity index (χ2v) is 7.06. The van der Waals surface area contributed by atoms with Gasteiger partial charge in [0.15, 0.2) is 0 Å². The fourth-order valence-corrected chi connectivity index (χ4v) is 2.83. The van der Waals surface area contributed by atoms with E-state index in [4.69, 9.17) is 25.9 Å². The standard InChI is InChI=1S/C17H23ClF2N4O.CO2/c1-6-11-14(18)15(24(7-2)23-11)10-9-21-13(22-17(3,4)5)8-12(10)25-16(19)20;2-1-3/h8-9,16H,6-7H2,1-5H3,(H,21,22);. The minimum absolute atomic E-state index is 0.0101. The monoisotopic (exact) mass is 416 g/mol. The molecule has 0 saturated heterocycles. The van der Waals surface area contributed by atoms with Gasteiger partial charge in [0.1, 0.15) is 11.6 Å². The molecule has 0 aliphatic rings. The molecule has 7 nitrogen and oxygen atoms in total. The van der Waals surface area contributed by atoms with Crippen molar-refractivity contribution in [1.82, 2.24) is 14.8 Å². The van der Waals surface area contributed by atoms with E-state index in [2.05, 4.69) is 15.4 Å². The molecule has 154 valence electrons. The van der Waals surface area contributed by atoms with Crippen molar-refractivity contribution in [2.24, 2.45) is 0 Å². The topological polar surface area (TPSA) is 86.1 Å². The number of nitrogens with zero attached hydrogens (tertiary/aromatic N) is 3. The molecule has 0 aliphatic heterocycles. The zero-order chi connectivity index (χ0) is 21.5. The highest BCUT2D eigenvalue weighted by molar-refractivity contribution is 6.33. The van der Waals surface area contributed by atoms with E-state index < -0.39 is 6.61 Å². The number of pyridine rings is 1. The first-order chi connectivity index (χ1) is 13.1. The number of aromatic nitrogens is 3. The molecule has 0 saturated carbocycles. The maximum Gasteiger partial charge on any atom is 0.387 e. The van der Waals surface area contributed by atoms with Crippen molar-refractivity contribution in [3.05, 3.63) is 23.0 Å². The predicted molar refractivity (Wildman–Crippen MR) is 101 cm³/mol. The van der Waals surface area contributed by atoms with Crippen LogP contribution in [0.25, 0.3) is 11.3 Å². The van der Waals surface area contributed by atoms with Crippen LogP contribution in [0, 0.1) is 0 Å². The molecule has 0 atom stereocenters. The van der Waals surface area contributed by atoms with Gasteiger partial charge >= 0.3 is 12.8 Å². The number of carbonyl (C=O) groups excluding carboxylic acids is 2. The molecular formula is C18H23ClF2N4O3. The van der Waals surface area contributed by atoms with Gasteiger partial charge < -0.3 is 10.1 Å². The van der Waals surface area contributed by atoms with E-state index in [0.717, 1.165) is 0 Å². The molecule has 0 aliphatic carbocycles. The summed E-state index contributed by atoms with van der Waals surface area (Å²) in [6.45, 7) is 7.29. The Morgan fingerprint density at radius 2 is 1.93 bits per heavy atom. The normalized spacial score (nSPS) is 10.9. The summed E-state index contributed by atoms with van der Waals surface area (Å²) in [5, 5.41) is 8.00. The third-order valence-electron chi connectivity index (χ3n) is 3.44. The van der Waals surface area contributed by atoms with Crippen LogP contribution in [0.3, 0.4) is 0 Å². The van der Waals surface area contributed by atoms with Crippen molar-refractivity contribution < 1.29 is 23.1 Å². The molecule has 0 unspecified atom stereocenters. The van der Waals surface area contributed by atoms with Gasteiger partial charge in [0, 0.05) is 24.3 Å². The molecule has 28 heavy (non-hydrogen) atoms.